The molecule has 178 valence electrons. The minimum atomic E-state index is -0.662. The summed E-state index contributed by atoms with van der Waals surface area (Å²) in [5.74, 6) is -2.51. The summed E-state index contributed by atoms with van der Waals surface area (Å²) in [7, 11) is 0. The molecular weight excluding hydrogens is 519 g/mol. The number of nitrogens with one attached hydrogen (secondary N) is 1. The van der Waals surface area contributed by atoms with Gasteiger partial charge in [0.1, 0.15) is 5.82 Å². The monoisotopic (exact) mass is 538 g/mol. The smallest absolute Gasteiger partial charge is 0.338 e. The van der Waals surface area contributed by atoms with Gasteiger partial charge in [0.05, 0.1) is 11.5 Å². The summed E-state index contributed by atoms with van der Waals surface area (Å²) in [6.45, 7) is -0.202. The number of benzene rings is 3. The van der Waals surface area contributed by atoms with Gasteiger partial charge in [0.25, 0.3) is 0 Å². The van der Waals surface area contributed by atoms with E-state index in [0.717, 1.165) is 4.47 Å². The summed E-state index contributed by atoms with van der Waals surface area (Å²) in [6, 6.07) is 18.3. The van der Waals surface area contributed by atoms with Crippen LogP contribution in [0.25, 0.3) is 0 Å². The van der Waals surface area contributed by atoms with Crippen molar-refractivity contribution in [3.8, 4) is 0 Å². The Labute approximate surface area is 209 Å². The molecule has 0 saturated carbocycles. The Morgan fingerprint density at radius 3 is 2.23 bits per heavy atom. The predicted octanol–water partition coefficient (Wildman–Crippen LogP) is 4.62. The van der Waals surface area contributed by atoms with E-state index in [9.17, 15) is 23.6 Å². The number of hydrogen-bond donors (Lipinski definition) is 1. The van der Waals surface area contributed by atoms with Gasteiger partial charge in [-0.2, -0.15) is 0 Å². The molecule has 0 unspecified atom stereocenters. The van der Waals surface area contributed by atoms with Crippen LogP contribution in [0.15, 0.2) is 77.3 Å². The number of rotatable bonds is 7. The van der Waals surface area contributed by atoms with Crippen LogP contribution in [0, 0.1) is 11.7 Å². The van der Waals surface area contributed by atoms with Gasteiger partial charge in [0.15, 0.2) is 12.4 Å². The molecule has 1 N–H and O–H groups in total. The summed E-state index contributed by atoms with van der Waals surface area (Å²) in [4.78, 5) is 50.9. The lowest BCUT2D eigenvalue weighted by Crippen LogP contribution is -2.28. The molecule has 35 heavy (non-hydrogen) atoms. The van der Waals surface area contributed by atoms with Crippen molar-refractivity contribution in [1.29, 1.82) is 0 Å². The molecule has 1 saturated heterocycles. The number of ether oxygens (including phenoxy) is 1. The lowest BCUT2D eigenvalue weighted by Gasteiger charge is -2.16. The van der Waals surface area contributed by atoms with Gasteiger partial charge in [-0.15, -0.1) is 0 Å². The highest BCUT2D eigenvalue weighted by Crippen LogP contribution is 2.26. The minimum absolute atomic E-state index is 0.0417. The molecule has 7 nitrogen and oxygen atoms in total. The second-order valence-electron chi connectivity index (χ2n) is 7.95. The summed E-state index contributed by atoms with van der Waals surface area (Å²) < 4.78 is 19.1. The van der Waals surface area contributed by atoms with Crippen LogP contribution in [0.4, 0.5) is 15.8 Å². The number of nitrogens with zero attached hydrogens (tertiary/aromatic N) is 1. The first-order chi connectivity index (χ1) is 16.8. The zero-order chi connectivity index (χ0) is 24.9. The van der Waals surface area contributed by atoms with Gasteiger partial charge in [-0.1, -0.05) is 28.1 Å². The fourth-order valence-electron chi connectivity index (χ4n) is 3.62. The maximum Gasteiger partial charge on any atom is 0.338 e. The molecule has 0 aliphatic carbocycles. The van der Waals surface area contributed by atoms with Crippen LogP contribution in [0.1, 0.15) is 27.1 Å². The highest BCUT2D eigenvalue weighted by molar-refractivity contribution is 9.10. The molecular formula is C26H20BrFN2O5. The van der Waals surface area contributed by atoms with Gasteiger partial charge >= 0.3 is 5.97 Å². The van der Waals surface area contributed by atoms with Crippen LogP contribution in [-0.2, 0) is 14.3 Å². The van der Waals surface area contributed by atoms with Crippen LogP contribution in [0.2, 0.25) is 0 Å². The van der Waals surface area contributed by atoms with E-state index in [4.69, 9.17) is 4.74 Å². The molecule has 1 aliphatic heterocycles. The van der Waals surface area contributed by atoms with Crippen molar-refractivity contribution in [1.82, 2.24) is 0 Å². The van der Waals surface area contributed by atoms with Crippen molar-refractivity contribution in [2.24, 2.45) is 5.92 Å². The standard InChI is InChI=1S/C26H20BrFN2O5/c27-19-5-1-16(2-6-19)23(31)15-35-26(34)17-3-9-21(10-4-17)29-25(33)18-13-24(32)30(14-18)22-11-7-20(28)8-12-22/h1-12,18H,13-15H2,(H,29,33)/t18-/m1/s1. The number of ketones is 1. The van der Waals surface area contributed by atoms with Crippen LogP contribution in [0.5, 0.6) is 0 Å². The number of halogens is 2. The molecule has 1 heterocycles. The van der Waals surface area contributed by atoms with E-state index in [1.807, 2.05) is 0 Å². The molecule has 3 aromatic rings. The van der Waals surface area contributed by atoms with Crippen molar-refractivity contribution >= 4 is 50.9 Å². The Kier molecular flexibility index (Phi) is 7.36. The topological polar surface area (TPSA) is 92.8 Å². The average Bonchev–Trinajstić information content (AvgIpc) is 3.25. The summed E-state index contributed by atoms with van der Waals surface area (Å²) >= 11 is 3.29. The summed E-state index contributed by atoms with van der Waals surface area (Å²) in [5, 5.41) is 2.74. The van der Waals surface area contributed by atoms with E-state index in [0.29, 0.717) is 16.9 Å². The van der Waals surface area contributed by atoms with Gasteiger partial charge in [0, 0.05) is 34.4 Å². The molecule has 9 heteroatoms. The number of carbonyl (C=O) groups is 4. The van der Waals surface area contributed by atoms with E-state index in [2.05, 4.69) is 21.2 Å². The molecule has 3 aromatic carbocycles. The SMILES string of the molecule is O=C(COC(=O)c1ccc(NC(=O)[C@@H]2CC(=O)N(c3ccc(F)cc3)C2)cc1)c1ccc(Br)cc1. The van der Waals surface area contributed by atoms with E-state index >= 15 is 0 Å². The molecule has 0 aromatic heterocycles. The largest absolute Gasteiger partial charge is 0.454 e. The average molecular weight is 539 g/mol. The molecule has 1 aliphatic rings. The van der Waals surface area contributed by atoms with Crippen LogP contribution < -0.4 is 10.2 Å². The predicted molar refractivity (Wildman–Crippen MR) is 131 cm³/mol. The Morgan fingerprint density at radius 2 is 1.57 bits per heavy atom. The number of esters is 1. The van der Waals surface area contributed by atoms with Crippen molar-refractivity contribution in [2.75, 3.05) is 23.4 Å². The molecule has 0 spiro atoms. The Hall–Kier alpha value is -3.85. The summed E-state index contributed by atoms with van der Waals surface area (Å²) in [6.07, 6.45) is 0.0417. The molecule has 0 bridgehead atoms. The Bertz CT molecular complexity index is 1260. The molecule has 1 fully saturated rings. The van der Waals surface area contributed by atoms with Gasteiger partial charge < -0.3 is 15.0 Å². The van der Waals surface area contributed by atoms with Crippen molar-refractivity contribution < 1.29 is 28.3 Å². The first-order valence-corrected chi connectivity index (χ1v) is 11.5. The first-order valence-electron chi connectivity index (χ1n) is 10.7. The second-order valence-corrected chi connectivity index (χ2v) is 8.87. The van der Waals surface area contributed by atoms with E-state index < -0.39 is 17.7 Å². The van der Waals surface area contributed by atoms with E-state index in [-0.39, 0.29) is 42.7 Å². The Balaban J connectivity index is 1.30. The molecule has 1 atom stereocenters. The van der Waals surface area contributed by atoms with Gasteiger partial charge in [0.2, 0.25) is 11.8 Å². The highest BCUT2D eigenvalue weighted by atomic mass is 79.9. The lowest BCUT2D eigenvalue weighted by molar-refractivity contribution is -0.122. The fourth-order valence-corrected chi connectivity index (χ4v) is 3.89. The maximum atomic E-state index is 13.1. The quantitative estimate of drug-likeness (QED) is 0.350. The highest BCUT2D eigenvalue weighted by Gasteiger charge is 2.35. The Morgan fingerprint density at radius 1 is 0.943 bits per heavy atom. The van der Waals surface area contributed by atoms with Crippen molar-refractivity contribution in [3.05, 3.63) is 94.2 Å². The van der Waals surface area contributed by atoms with Crippen molar-refractivity contribution in [2.45, 2.75) is 6.42 Å². The summed E-state index contributed by atoms with van der Waals surface area (Å²) in [5.41, 5.74) is 1.64. The third kappa shape index (κ3) is 5.99. The number of anilines is 2. The van der Waals surface area contributed by atoms with Gasteiger partial charge in [-0.25, -0.2) is 9.18 Å². The third-order valence-corrected chi connectivity index (χ3v) is 6.05. The first kappa shape index (κ1) is 24.3. The fraction of sp³-hybridized carbons (Fsp3) is 0.154. The van der Waals surface area contributed by atoms with Crippen molar-refractivity contribution in [3.63, 3.8) is 0 Å². The normalized spacial score (nSPS) is 15.1. The van der Waals surface area contributed by atoms with E-state index in [1.54, 1.807) is 36.4 Å². The molecule has 0 radical (unpaired) electrons. The maximum absolute atomic E-state index is 13.1. The zero-order valence-electron chi connectivity index (χ0n) is 18.4. The van der Waals surface area contributed by atoms with Gasteiger partial charge in [-0.3, -0.25) is 14.4 Å². The van der Waals surface area contributed by atoms with Crippen LogP contribution in [0.3, 0.4) is 0 Å². The number of hydrogen-bond acceptors (Lipinski definition) is 5. The second kappa shape index (κ2) is 10.6. The van der Waals surface area contributed by atoms with Crippen LogP contribution in [-0.4, -0.2) is 36.7 Å². The third-order valence-electron chi connectivity index (χ3n) is 5.52. The zero-order valence-corrected chi connectivity index (χ0v) is 20.0. The number of amides is 2. The lowest BCUT2D eigenvalue weighted by atomic mass is 10.1. The van der Waals surface area contributed by atoms with E-state index in [1.165, 1.54) is 41.3 Å². The number of Topliss-reactive ketones (excluding diaryl/α,β-unsaturated/α-hetero) is 1. The van der Waals surface area contributed by atoms with Crippen LogP contribution >= 0.6 is 15.9 Å². The molecule has 2 amide bonds. The minimum Gasteiger partial charge on any atom is -0.454 e. The number of carbonyl (C=O) groups excluding carboxylic acids is 4. The molecule has 4 rings (SSSR count). The van der Waals surface area contributed by atoms with Gasteiger partial charge in [-0.05, 0) is 60.7 Å².